The van der Waals surface area contributed by atoms with Gasteiger partial charge in [-0.3, -0.25) is 9.59 Å². The molecule has 1 heterocycles. The Morgan fingerprint density at radius 3 is 2.71 bits per heavy atom. The highest BCUT2D eigenvalue weighted by atomic mass is 16.1. The monoisotopic (exact) mass is 287 g/mol. The number of aromatic nitrogens is 2. The number of nitrogens with one attached hydrogen (secondary N) is 2. The number of carbonyl (C=O) groups excluding carboxylic acids is 1. The lowest BCUT2D eigenvalue weighted by Crippen LogP contribution is -2.36. The summed E-state index contributed by atoms with van der Waals surface area (Å²) in [5.74, 6) is 0.922. The molecule has 1 aromatic carbocycles. The maximum absolute atomic E-state index is 11.9. The Bertz CT molecular complexity index is 691. The molecule has 0 fully saturated rings. The van der Waals surface area contributed by atoms with Crippen LogP contribution in [-0.4, -0.2) is 21.9 Å². The number of benzene rings is 1. The summed E-state index contributed by atoms with van der Waals surface area (Å²) in [5, 5.41) is 3.51. The van der Waals surface area contributed by atoms with E-state index in [-0.39, 0.29) is 17.5 Å². The van der Waals surface area contributed by atoms with Crippen LogP contribution in [0.15, 0.2) is 29.1 Å². The van der Waals surface area contributed by atoms with Crippen molar-refractivity contribution in [1.82, 2.24) is 15.3 Å². The summed E-state index contributed by atoms with van der Waals surface area (Å²) >= 11 is 0. The Morgan fingerprint density at radius 2 is 2.00 bits per heavy atom. The molecule has 0 radical (unpaired) electrons. The first-order valence-corrected chi connectivity index (χ1v) is 7.24. The molecule has 0 saturated heterocycles. The van der Waals surface area contributed by atoms with Gasteiger partial charge in [0.1, 0.15) is 5.82 Å². The molecule has 5 nitrogen and oxygen atoms in total. The van der Waals surface area contributed by atoms with E-state index in [0.29, 0.717) is 35.5 Å². The topological polar surface area (TPSA) is 74.8 Å². The zero-order valence-electron chi connectivity index (χ0n) is 12.6. The fraction of sp³-hybridized carbons (Fsp3) is 0.438. The van der Waals surface area contributed by atoms with Crippen LogP contribution in [0.1, 0.15) is 33.0 Å². The van der Waals surface area contributed by atoms with Crippen LogP contribution in [0.3, 0.4) is 0 Å². The first kappa shape index (κ1) is 15.2. The predicted octanol–water partition coefficient (Wildman–Crippen LogP) is 2.02. The van der Waals surface area contributed by atoms with Crippen LogP contribution in [0.2, 0.25) is 0 Å². The summed E-state index contributed by atoms with van der Waals surface area (Å²) in [6.07, 6.45) is 0.745. The van der Waals surface area contributed by atoms with Gasteiger partial charge < -0.3 is 10.3 Å². The SMILES string of the molecule is CC(C)C(C)NC(=O)CCc1nc2ccccc2c(=O)[nH]1. The molecule has 0 aliphatic carbocycles. The average molecular weight is 287 g/mol. The van der Waals surface area contributed by atoms with Crippen molar-refractivity contribution in [3.8, 4) is 0 Å². The van der Waals surface area contributed by atoms with Gasteiger partial charge in [-0.2, -0.15) is 0 Å². The Balaban J connectivity index is 2.04. The van der Waals surface area contributed by atoms with Crippen molar-refractivity contribution < 1.29 is 4.79 Å². The third kappa shape index (κ3) is 3.90. The van der Waals surface area contributed by atoms with Gasteiger partial charge in [0.2, 0.25) is 5.91 Å². The van der Waals surface area contributed by atoms with E-state index >= 15 is 0 Å². The van der Waals surface area contributed by atoms with Crippen LogP contribution >= 0.6 is 0 Å². The second-order valence-electron chi connectivity index (χ2n) is 5.63. The van der Waals surface area contributed by atoms with E-state index in [4.69, 9.17) is 0 Å². The van der Waals surface area contributed by atoms with Crippen molar-refractivity contribution in [1.29, 1.82) is 0 Å². The zero-order valence-corrected chi connectivity index (χ0v) is 12.6. The van der Waals surface area contributed by atoms with Crippen molar-refractivity contribution in [2.24, 2.45) is 5.92 Å². The van der Waals surface area contributed by atoms with Crippen LogP contribution in [0, 0.1) is 5.92 Å². The molecule has 0 bridgehead atoms. The van der Waals surface area contributed by atoms with Crippen molar-refractivity contribution in [3.05, 3.63) is 40.4 Å². The quantitative estimate of drug-likeness (QED) is 0.883. The third-order valence-electron chi connectivity index (χ3n) is 3.64. The number of para-hydroxylation sites is 1. The maximum atomic E-state index is 11.9. The largest absolute Gasteiger partial charge is 0.353 e. The molecule has 1 unspecified atom stereocenters. The van der Waals surface area contributed by atoms with Crippen LogP contribution in [0.25, 0.3) is 10.9 Å². The van der Waals surface area contributed by atoms with E-state index in [2.05, 4.69) is 29.1 Å². The fourth-order valence-corrected chi connectivity index (χ4v) is 1.98. The number of nitrogens with zero attached hydrogens (tertiary/aromatic N) is 1. The third-order valence-corrected chi connectivity index (χ3v) is 3.64. The van der Waals surface area contributed by atoms with E-state index in [0.717, 1.165) is 0 Å². The molecule has 0 saturated carbocycles. The van der Waals surface area contributed by atoms with Crippen molar-refractivity contribution in [3.63, 3.8) is 0 Å². The molecule has 0 aliphatic heterocycles. The smallest absolute Gasteiger partial charge is 0.258 e. The highest BCUT2D eigenvalue weighted by molar-refractivity contribution is 5.78. The highest BCUT2D eigenvalue weighted by Crippen LogP contribution is 2.07. The van der Waals surface area contributed by atoms with Gasteiger partial charge in [0.05, 0.1) is 10.9 Å². The molecular formula is C16H21N3O2. The van der Waals surface area contributed by atoms with E-state index < -0.39 is 0 Å². The van der Waals surface area contributed by atoms with Crippen molar-refractivity contribution in [2.75, 3.05) is 0 Å². The molecule has 0 spiro atoms. The van der Waals surface area contributed by atoms with Crippen LogP contribution in [0.5, 0.6) is 0 Å². The number of fused-ring (bicyclic) bond motifs is 1. The lowest BCUT2D eigenvalue weighted by Gasteiger charge is -2.17. The normalized spacial score (nSPS) is 12.6. The molecule has 1 atom stereocenters. The molecule has 2 aromatic rings. The second-order valence-corrected chi connectivity index (χ2v) is 5.63. The second kappa shape index (κ2) is 6.52. The standard InChI is InChI=1S/C16H21N3O2/c1-10(2)11(3)17-15(20)9-8-14-18-13-7-5-4-6-12(13)16(21)19-14/h4-7,10-11H,8-9H2,1-3H3,(H,17,20)(H,18,19,21). The molecule has 2 rings (SSSR count). The zero-order chi connectivity index (χ0) is 15.4. The number of rotatable bonds is 5. The van der Waals surface area contributed by atoms with Gasteiger partial charge in [0.15, 0.2) is 0 Å². The Labute approximate surface area is 123 Å². The first-order chi connectivity index (χ1) is 9.97. The Kier molecular flexibility index (Phi) is 4.73. The highest BCUT2D eigenvalue weighted by Gasteiger charge is 2.11. The minimum Gasteiger partial charge on any atom is -0.353 e. The van der Waals surface area contributed by atoms with E-state index in [1.54, 1.807) is 18.2 Å². The Hall–Kier alpha value is -2.17. The minimum atomic E-state index is -0.161. The van der Waals surface area contributed by atoms with Gasteiger partial charge in [0, 0.05) is 18.9 Å². The summed E-state index contributed by atoms with van der Waals surface area (Å²) in [4.78, 5) is 30.9. The first-order valence-electron chi connectivity index (χ1n) is 7.24. The summed E-state index contributed by atoms with van der Waals surface area (Å²) in [6.45, 7) is 6.11. The molecule has 112 valence electrons. The summed E-state index contributed by atoms with van der Waals surface area (Å²) in [5.41, 5.74) is 0.499. The number of H-pyrrole nitrogens is 1. The number of aryl methyl sites for hydroxylation is 1. The summed E-state index contributed by atoms with van der Waals surface area (Å²) in [7, 11) is 0. The van der Waals surface area contributed by atoms with E-state index in [1.165, 1.54) is 0 Å². The number of hydrogen-bond donors (Lipinski definition) is 2. The van der Waals surface area contributed by atoms with Crippen molar-refractivity contribution in [2.45, 2.75) is 39.7 Å². The molecule has 1 aromatic heterocycles. The van der Waals surface area contributed by atoms with Crippen molar-refractivity contribution >= 4 is 16.8 Å². The number of aromatic amines is 1. The van der Waals surface area contributed by atoms with Gasteiger partial charge in [-0.15, -0.1) is 0 Å². The minimum absolute atomic E-state index is 0.0213. The van der Waals surface area contributed by atoms with Gasteiger partial charge in [-0.25, -0.2) is 4.98 Å². The Morgan fingerprint density at radius 1 is 1.29 bits per heavy atom. The van der Waals surface area contributed by atoms with Gasteiger partial charge >= 0.3 is 0 Å². The van der Waals surface area contributed by atoms with E-state index in [9.17, 15) is 9.59 Å². The maximum Gasteiger partial charge on any atom is 0.258 e. The number of carbonyl (C=O) groups is 1. The molecule has 5 heteroatoms. The van der Waals surface area contributed by atoms with Gasteiger partial charge in [-0.1, -0.05) is 26.0 Å². The number of hydrogen-bond acceptors (Lipinski definition) is 3. The average Bonchev–Trinajstić information content (AvgIpc) is 2.45. The molecule has 21 heavy (non-hydrogen) atoms. The predicted molar refractivity (Wildman–Crippen MR) is 83.1 cm³/mol. The molecule has 1 amide bonds. The lowest BCUT2D eigenvalue weighted by atomic mass is 10.1. The summed E-state index contributed by atoms with van der Waals surface area (Å²) < 4.78 is 0. The van der Waals surface area contributed by atoms with Gasteiger partial charge in [0.25, 0.3) is 5.56 Å². The van der Waals surface area contributed by atoms with E-state index in [1.807, 2.05) is 13.0 Å². The van der Waals surface area contributed by atoms with Crippen LogP contribution in [0.4, 0.5) is 0 Å². The molecule has 2 N–H and O–H groups in total. The molecule has 0 aliphatic rings. The van der Waals surface area contributed by atoms with Crippen LogP contribution in [-0.2, 0) is 11.2 Å². The van der Waals surface area contributed by atoms with Crippen LogP contribution < -0.4 is 10.9 Å². The van der Waals surface area contributed by atoms with Gasteiger partial charge in [-0.05, 0) is 25.0 Å². The number of amides is 1. The lowest BCUT2D eigenvalue weighted by molar-refractivity contribution is -0.121. The molecular weight excluding hydrogens is 266 g/mol. The fourth-order valence-electron chi connectivity index (χ4n) is 1.98. The summed E-state index contributed by atoms with van der Waals surface area (Å²) in [6, 6.07) is 7.33.